The van der Waals surface area contributed by atoms with E-state index in [0.717, 1.165) is 66.8 Å². The van der Waals surface area contributed by atoms with Gasteiger partial charge in [0.2, 0.25) is 0 Å². The number of aryl methyl sites for hydroxylation is 3. The Hall–Kier alpha value is -2.38. The summed E-state index contributed by atoms with van der Waals surface area (Å²) in [5.41, 5.74) is 4.07. The molecule has 0 bridgehead atoms. The Balaban J connectivity index is 1.62. The summed E-state index contributed by atoms with van der Waals surface area (Å²) in [6.07, 6.45) is 2.45. The van der Waals surface area contributed by atoms with Gasteiger partial charge in [0.1, 0.15) is 11.6 Å². The summed E-state index contributed by atoms with van der Waals surface area (Å²) >= 11 is 0. The monoisotopic (exact) mass is 369 g/mol. The minimum atomic E-state index is 0.179. The molecular formula is C20H27N5O2. The molecule has 1 N–H and O–H groups in total. The van der Waals surface area contributed by atoms with Crippen LogP contribution in [0.3, 0.4) is 0 Å². The lowest BCUT2D eigenvalue weighted by Gasteiger charge is -2.42. The second-order valence-corrected chi connectivity index (χ2v) is 7.36. The zero-order chi connectivity index (χ0) is 19.0. The number of hydrogen-bond acceptors (Lipinski definition) is 6. The quantitative estimate of drug-likeness (QED) is 0.744. The molecule has 144 valence electrons. The third kappa shape index (κ3) is 3.44. The molecular weight excluding hydrogens is 342 g/mol. The number of rotatable bonds is 5. The van der Waals surface area contributed by atoms with Gasteiger partial charge in [-0.1, -0.05) is 0 Å². The fraction of sp³-hybridized carbons (Fsp3) is 0.500. The topological polar surface area (TPSA) is 70.0 Å². The van der Waals surface area contributed by atoms with E-state index in [-0.39, 0.29) is 12.6 Å². The number of aliphatic hydroxyl groups excluding tert-OH is 1. The zero-order valence-electron chi connectivity index (χ0n) is 16.2. The van der Waals surface area contributed by atoms with E-state index in [1.165, 1.54) is 0 Å². The molecule has 3 aromatic heterocycles. The highest BCUT2D eigenvalue weighted by molar-refractivity contribution is 5.57. The average Bonchev–Trinajstić information content (AvgIpc) is 3.26. The second-order valence-electron chi connectivity index (χ2n) is 7.36. The molecule has 4 heterocycles. The average molecular weight is 369 g/mol. The molecule has 0 amide bonds. The first-order valence-electron chi connectivity index (χ1n) is 9.52. The minimum Gasteiger partial charge on any atom is -0.468 e. The van der Waals surface area contributed by atoms with Gasteiger partial charge < -0.3 is 14.4 Å². The summed E-state index contributed by atoms with van der Waals surface area (Å²) in [6.45, 7) is 9.74. The molecule has 4 rings (SSSR count). The maximum Gasteiger partial charge on any atom is 0.160 e. The molecule has 1 saturated heterocycles. The lowest BCUT2D eigenvalue weighted by atomic mass is 10.1. The predicted molar refractivity (Wildman–Crippen MR) is 104 cm³/mol. The Morgan fingerprint density at radius 1 is 1.26 bits per heavy atom. The highest BCUT2D eigenvalue weighted by Crippen LogP contribution is 2.25. The minimum absolute atomic E-state index is 0.179. The van der Waals surface area contributed by atoms with Crippen LogP contribution < -0.4 is 4.90 Å². The van der Waals surface area contributed by atoms with Gasteiger partial charge in [-0.15, -0.1) is 0 Å². The highest BCUT2D eigenvalue weighted by Gasteiger charge is 2.29. The van der Waals surface area contributed by atoms with Gasteiger partial charge >= 0.3 is 0 Å². The number of piperazine rings is 1. The fourth-order valence-corrected chi connectivity index (χ4v) is 3.89. The van der Waals surface area contributed by atoms with Gasteiger partial charge in [-0.2, -0.15) is 9.61 Å². The Morgan fingerprint density at radius 3 is 2.85 bits per heavy atom. The van der Waals surface area contributed by atoms with Gasteiger partial charge in [-0.3, -0.25) is 4.90 Å². The maximum absolute atomic E-state index is 9.58. The third-order valence-corrected chi connectivity index (χ3v) is 5.50. The van der Waals surface area contributed by atoms with Crippen LogP contribution in [-0.4, -0.2) is 56.9 Å². The molecule has 0 spiro atoms. The zero-order valence-corrected chi connectivity index (χ0v) is 16.2. The number of anilines is 1. The fourth-order valence-electron chi connectivity index (χ4n) is 3.89. The van der Waals surface area contributed by atoms with Crippen LogP contribution in [0.25, 0.3) is 5.65 Å². The van der Waals surface area contributed by atoms with E-state index < -0.39 is 0 Å². The van der Waals surface area contributed by atoms with Gasteiger partial charge in [0.15, 0.2) is 5.65 Å². The maximum atomic E-state index is 9.58. The standard InChI is InChI=1S/C20H27N5O2/c1-14-11-19(25-20(21-14)15(2)16(3)22-25)24-8-7-23(17(12-24)6-9-26)13-18-5-4-10-27-18/h4-5,10-11,17,26H,6-9,12-13H2,1-3H3/t17-/m0/s1. The second kappa shape index (κ2) is 7.32. The Labute approximate surface area is 159 Å². The normalized spacial score (nSPS) is 18.5. The molecule has 0 saturated carbocycles. The predicted octanol–water partition coefficient (Wildman–Crippen LogP) is 2.32. The summed E-state index contributed by atoms with van der Waals surface area (Å²) in [5.74, 6) is 2.04. The van der Waals surface area contributed by atoms with E-state index in [9.17, 15) is 5.11 Å². The molecule has 1 fully saturated rings. The molecule has 0 unspecified atom stereocenters. The first kappa shape index (κ1) is 18.0. The summed E-state index contributed by atoms with van der Waals surface area (Å²) < 4.78 is 7.49. The van der Waals surface area contributed by atoms with E-state index in [2.05, 4.69) is 27.8 Å². The lowest BCUT2D eigenvalue weighted by molar-refractivity contribution is 0.127. The van der Waals surface area contributed by atoms with E-state index in [0.29, 0.717) is 0 Å². The molecule has 1 aliphatic rings. The number of hydrogen-bond donors (Lipinski definition) is 1. The van der Waals surface area contributed by atoms with Gasteiger partial charge in [-0.25, -0.2) is 4.98 Å². The molecule has 7 heteroatoms. The molecule has 1 atom stereocenters. The van der Waals surface area contributed by atoms with Gasteiger partial charge in [0.05, 0.1) is 18.5 Å². The molecule has 7 nitrogen and oxygen atoms in total. The van der Waals surface area contributed by atoms with Crippen LogP contribution in [-0.2, 0) is 6.54 Å². The molecule has 0 aliphatic carbocycles. The van der Waals surface area contributed by atoms with Crippen molar-refractivity contribution in [3.05, 3.63) is 47.2 Å². The van der Waals surface area contributed by atoms with Crippen molar-refractivity contribution < 1.29 is 9.52 Å². The largest absolute Gasteiger partial charge is 0.468 e. The van der Waals surface area contributed by atoms with Crippen LogP contribution in [0.4, 0.5) is 5.82 Å². The Morgan fingerprint density at radius 2 is 2.11 bits per heavy atom. The summed E-state index contributed by atoms with van der Waals surface area (Å²) in [4.78, 5) is 9.45. The number of aromatic nitrogens is 3. The van der Waals surface area contributed by atoms with Crippen molar-refractivity contribution in [3.63, 3.8) is 0 Å². The summed E-state index contributed by atoms with van der Waals surface area (Å²) in [6, 6.07) is 6.30. The number of aliphatic hydroxyl groups is 1. The van der Waals surface area contributed by atoms with Crippen LogP contribution in [0.2, 0.25) is 0 Å². The van der Waals surface area contributed by atoms with E-state index in [1.54, 1.807) is 6.26 Å². The van der Waals surface area contributed by atoms with Crippen LogP contribution in [0.1, 0.15) is 29.1 Å². The van der Waals surface area contributed by atoms with Crippen molar-refractivity contribution in [3.8, 4) is 0 Å². The SMILES string of the molecule is Cc1cc(N2CCN(Cc3ccco3)[C@@H](CCO)C2)n2nc(C)c(C)c2n1. The Kier molecular flexibility index (Phi) is 4.88. The lowest BCUT2D eigenvalue weighted by Crippen LogP contribution is -2.53. The molecule has 1 aliphatic heterocycles. The van der Waals surface area contributed by atoms with Crippen molar-refractivity contribution >= 4 is 11.5 Å². The number of furan rings is 1. The van der Waals surface area contributed by atoms with Crippen LogP contribution in [0, 0.1) is 20.8 Å². The van der Waals surface area contributed by atoms with Crippen LogP contribution >= 0.6 is 0 Å². The molecule has 3 aromatic rings. The number of fused-ring (bicyclic) bond motifs is 1. The number of nitrogens with zero attached hydrogens (tertiary/aromatic N) is 5. The smallest absolute Gasteiger partial charge is 0.160 e. The van der Waals surface area contributed by atoms with Gasteiger partial charge in [0, 0.05) is 49.6 Å². The van der Waals surface area contributed by atoms with Crippen LogP contribution in [0.15, 0.2) is 28.9 Å². The Bertz CT molecular complexity index is 918. The van der Waals surface area contributed by atoms with Crippen LogP contribution in [0.5, 0.6) is 0 Å². The van der Waals surface area contributed by atoms with Crippen molar-refractivity contribution in [2.75, 3.05) is 31.1 Å². The van der Waals surface area contributed by atoms with Gasteiger partial charge in [0.25, 0.3) is 0 Å². The van der Waals surface area contributed by atoms with Crippen molar-refractivity contribution in [2.24, 2.45) is 0 Å². The van der Waals surface area contributed by atoms with Crippen molar-refractivity contribution in [2.45, 2.75) is 39.8 Å². The highest BCUT2D eigenvalue weighted by atomic mass is 16.3. The van der Waals surface area contributed by atoms with E-state index in [1.807, 2.05) is 30.5 Å². The molecule has 27 heavy (non-hydrogen) atoms. The van der Waals surface area contributed by atoms with Crippen molar-refractivity contribution in [1.82, 2.24) is 19.5 Å². The summed E-state index contributed by atoms with van der Waals surface area (Å²) in [7, 11) is 0. The first-order valence-corrected chi connectivity index (χ1v) is 9.52. The van der Waals surface area contributed by atoms with Crippen molar-refractivity contribution in [1.29, 1.82) is 0 Å². The first-order chi connectivity index (χ1) is 13.1. The molecule has 0 radical (unpaired) electrons. The van der Waals surface area contributed by atoms with Gasteiger partial charge in [-0.05, 0) is 39.3 Å². The van der Waals surface area contributed by atoms with E-state index >= 15 is 0 Å². The van der Waals surface area contributed by atoms with E-state index in [4.69, 9.17) is 9.52 Å². The molecule has 0 aromatic carbocycles. The third-order valence-electron chi connectivity index (χ3n) is 5.50. The summed E-state index contributed by atoms with van der Waals surface area (Å²) in [5, 5.41) is 14.3.